The van der Waals surface area contributed by atoms with Crippen molar-refractivity contribution in [2.75, 3.05) is 6.54 Å². The number of benzene rings is 1. The van der Waals surface area contributed by atoms with E-state index in [0.717, 1.165) is 32.1 Å². The number of halogens is 3. The molecular weight excluding hydrogens is 794 g/mol. The molecule has 1 aromatic heterocycles. The molecule has 3 saturated carbocycles. The van der Waals surface area contributed by atoms with E-state index in [4.69, 9.17) is 9.47 Å². The molecule has 2 N–H and O–H groups in total. The Hall–Kier alpha value is -4.41. The number of hydrogen-bond donors (Lipinski definition) is 2. The number of esters is 1. The number of ether oxygens (including phenoxy) is 3. The van der Waals surface area contributed by atoms with Crippen LogP contribution in [0.25, 0.3) is 10.9 Å². The Morgan fingerprint density at radius 1 is 1.05 bits per heavy atom. The second-order valence-electron chi connectivity index (χ2n) is 18.1. The summed E-state index contributed by atoms with van der Waals surface area (Å²) >= 11 is 0. The van der Waals surface area contributed by atoms with Gasteiger partial charge in [-0.25, -0.2) is 13.4 Å². The predicted octanol–water partition coefficient (Wildman–Crippen LogP) is 5.99. The summed E-state index contributed by atoms with van der Waals surface area (Å²) in [5.41, 5.74) is -1.77. The first kappa shape index (κ1) is 41.3. The lowest BCUT2D eigenvalue weighted by atomic mass is 9.82. The van der Waals surface area contributed by atoms with Crippen molar-refractivity contribution in [3.05, 3.63) is 41.6 Å². The first-order chi connectivity index (χ1) is 27.7. The summed E-state index contributed by atoms with van der Waals surface area (Å²) in [4.78, 5) is 63.0. The average Bonchev–Trinajstić information content (AvgIpc) is 4.04. The molecule has 1 saturated heterocycles. The van der Waals surface area contributed by atoms with E-state index in [1.54, 1.807) is 13.8 Å². The van der Waals surface area contributed by atoms with Crippen LogP contribution in [0.2, 0.25) is 0 Å². The summed E-state index contributed by atoms with van der Waals surface area (Å²) in [5.74, 6) is -3.80. The molecule has 4 fully saturated rings. The highest BCUT2D eigenvalue weighted by molar-refractivity contribution is 7.91. The topological polar surface area (TPSA) is 170 Å². The van der Waals surface area contributed by atoms with Crippen molar-refractivity contribution in [3.8, 4) is 11.5 Å². The minimum atomic E-state index is -4.90. The first-order valence-corrected chi connectivity index (χ1v) is 22.2. The lowest BCUT2D eigenvalue weighted by Gasteiger charge is -2.38. The molecule has 8 rings (SSSR count). The molecule has 5 atom stereocenters. The number of alkyl halides is 3. The number of carbonyl (C=O) groups excluding carboxylic acids is 4. The van der Waals surface area contributed by atoms with Crippen LogP contribution < -0.4 is 19.5 Å². The highest BCUT2D eigenvalue weighted by atomic mass is 32.2. The van der Waals surface area contributed by atoms with E-state index in [0.29, 0.717) is 66.4 Å². The zero-order valence-electron chi connectivity index (χ0n) is 33.5. The Morgan fingerprint density at radius 3 is 2.51 bits per heavy atom. The van der Waals surface area contributed by atoms with Crippen LogP contribution in [-0.2, 0) is 40.4 Å². The molecule has 1 aromatic carbocycles. The fourth-order valence-corrected chi connectivity index (χ4v) is 10.6. The van der Waals surface area contributed by atoms with Gasteiger partial charge in [0.1, 0.15) is 34.3 Å². The Morgan fingerprint density at radius 2 is 1.81 bits per heavy atom. The number of pyridine rings is 1. The largest absolute Gasteiger partial charge is 0.573 e. The molecule has 4 heterocycles. The van der Waals surface area contributed by atoms with E-state index in [1.807, 2.05) is 19.1 Å². The number of amides is 3. The standard InChI is InChI=1S/C42H51F3N4O9S/c1-25-34-29(30-21-28(56-42(43,44)45)12-13-31(30)46-25)14-17-40(58-34)23-32-35(51)47-41(37(53)48-59(54,55)39(3)18-19-39)22-27(41)11-8-6-4-5-7-10-26(36(52)49(32)24-40)20-33(50)57-38(2)15-9-16-38/h8,11-13,21,26-27,32H,4-7,9-10,14-20,22-24H2,1-3H3,(H,47,51)(H,48,53)/b11-8-/t26-,27-,32+,40-,41-/m1/s1. The Kier molecular flexibility index (Phi) is 10.3. The number of sulfonamides is 1. The first-order valence-electron chi connectivity index (χ1n) is 20.7. The van der Waals surface area contributed by atoms with Gasteiger partial charge in [0.15, 0.2) is 0 Å². The van der Waals surface area contributed by atoms with Gasteiger partial charge in [-0.2, -0.15) is 0 Å². The lowest BCUT2D eigenvalue weighted by Crippen LogP contribution is -2.57. The third-order valence-electron chi connectivity index (χ3n) is 13.5. The van der Waals surface area contributed by atoms with Gasteiger partial charge in [0.05, 0.1) is 28.9 Å². The van der Waals surface area contributed by atoms with Gasteiger partial charge < -0.3 is 24.4 Å². The number of nitrogens with zero attached hydrogens (tertiary/aromatic N) is 2. The van der Waals surface area contributed by atoms with Gasteiger partial charge in [-0.15, -0.1) is 13.2 Å². The number of carbonyl (C=O) groups is 4. The van der Waals surface area contributed by atoms with Gasteiger partial charge in [-0.3, -0.25) is 23.9 Å². The fraction of sp³-hybridized carbons (Fsp3) is 0.643. The van der Waals surface area contributed by atoms with Crippen molar-refractivity contribution in [1.82, 2.24) is 19.9 Å². The highest BCUT2D eigenvalue weighted by Crippen LogP contribution is 2.49. The third-order valence-corrected chi connectivity index (χ3v) is 15.6. The number of rotatable bonds is 7. The minimum absolute atomic E-state index is 0.0114. The third kappa shape index (κ3) is 8.11. The van der Waals surface area contributed by atoms with Gasteiger partial charge in [0.25, 0.3) is 5.91 Å². The molecule has 3 amide bonds. The molecule has 0 unspecified atom stereocenters. The number of aryl methyl sites for hydroxylation is 2. The normalized spacial score (nSPS) is 30.5. The molecule has 59 heavy (non-hydrogen) atoms. The zero-order valence-corrected chi connectivity index (χ0v) is 34.4. The van der Waals surface area contributed by atoms with Crippen molar-refractivity contribution in [3.63, 3.8) is 0 Å². The van der Waals surface area contributed by atoms with Gasteiger partial charge in [0, 0.05) is 29.2 Å². The van der Waals surface area contributed by atoms with E-state index < -0.39 is 85.2 Å². The average molecular weight is 845 g/mol. The predicted molar refractivity (Wildman–Crippen MR) is 207 cm³/mol. The molecule has 0 bridgehead atoms. The molecule has 2 aromatic rings. The second kappa shape index (κ2) is 14.6. The molecule has 1 spiro atoms. The van der Waals surface area contributed by atoms with Crippen LogP contribution in [0.5, 0.6) is 11.5 Å². The van der Waals surface area contributed by atoms with Gasteiger partial charge in [0.2, 0.25) is 21.8 Å². The van der Waals surface area contributed by atoms with E-state index in [1.165, 1.54) is 23.1 Å². The van der Waals surface area contributed by atoms with Crippen molar-refractivity contribution in [2.24, 2.45) is 11.8 Å². The molecule has 3 aliphatic heterocycles. The molecule has 3 aliphatic carbocycles. The van der Waals surface area contributed by atoms with Crippen molar-refractivity contribution < 1.29 is 55.0 Å². The number of nitrogens with one attached hydrogen (secondary N) is 2. The van der Waals surface area contributed by atoms with E-state index in [2.05, 4.69) is 19.8 Å². The van der Waals surface area contributed by atoms with Gasteiger partial charge in [-0.1, -0.05) is 25.0 Å². The second-order valence-corrected chi connectivity index (χ2v) is 20.3. The summed E-state index contributed by atoms with van der Waals surface area (Å²) in [6.45, 7) is 5.10. The summed E-state index contributed by atoms with van der Waals surface area (Å²) in [6.07, 6.45) is 5.87. The quantitative estimate of drug-likeness (QED) is 0.249. The number of fused-ring (bicyclic) bond motifs is 5. The summed E-state index contributed by atoms with van der Waals surface area (Å²) in [5, 5.41) is 3.32. The molecule has 320 valence electrons. The van der Waals surface area contributed by atoms with E-state index >= 15 is 0 Å². The van der Waals surface area contributed by atoms with Crippen LogP contribution in [0, 0.1) is 18.8 Å². The van der Waals surface area contributed by atoms with Crippen LogP contribution in [0.1, 0.15) is 115 Å². The fourth-order valence-electron chi connectivity index (χ4n) is 9.29. The lowest BCUT2D eigenvalue weighted by molar-refractivity contribution is -0.274. The Bertz CT molecular complexity index is 2220. The van der Waals surface area contributed by atoms with Crippen molar-refractivity contribution >= 4 is 44.6 Å². The molecule has 13 nitrogen and oxygen atoms in total. The molecule has 0 radical (unpaired) electrons. The van der Waals surface area contributed by atoms with Crippen LogP contribution in [0.3, 0.4) is 0 Å². The number of hydrogen-bond acceptors (Lipinski definition) is 10. The Labute approximate surface area is 341 Å². The number of allylic oxidation sites excluding steroid dienone is 1. The summed E-state index contributed by atoms with van der Waals surface area (Å²) in [7, 11) is -4.04. The maximum atomic E-state index is 14.9. The van der Waals surface area contributed by atoms with Crippen molar-refractivity contribution in [2.45, 2.75) is 151 Å². The van der Waals surface area contributed by atoms with Crippen LogP contribution in [0.15, 0.2) is 30.4 Å². The maximum Gasteiger partial charge on any atom is 0.573 e. The maximum absolute atomic E-state index is 14.9. The number of aromatic nitrogens is 1. The monoisotopic (exact) mass is 844 g/mol. The SMILES string of the molecule is Cc1nc2ccc(OC(F)(F)F)cc2c2c1O[C@]1(CC2)C[C@H]2C(=O)N[C@]3(C(=O)NS(=O)(=O)C4(C)CC4)C[C@H]3/C=C\CCCCC[C@H](CC(=O)OC3(C)CCC3)C(=O)N2C1. The van der Waals surface area contributed by atoms with Gasteiger partial charge >= 0.3 is 12.3 Å². The summed E-state index contributed by atoms with van der Waals surface area (Å²) in [6, 6.07) is 2.74. The summed E-state index contributed by atoms with van der Waals surface area (Å²) < 4.78 is 83.9. The minimum Gasteiger partial charge on any atom is -0.483 e. The van der Waals surface area contributed by atoms with Crippen LogP contribution in [-0.4, -0.2) is 82.4 Å². The molecular formula is C42H51F3N4O9S. The molecule has 6 aliphatic rings. The molecule has 17 heteroatoms. The Balaban J connectivity index is 1.13. The smallest absolute Gasteiger partial charge is 0.483 e. The van der Waals surface area contributed by atoms with Gasteiger partial charge in [-0.05, 0) is 110 Å². The van der Waals surface area contributed by atoms with E-state index in [-0.39, 0.29) is 32.2 Å². The highest BCUT2D eigenvalue weighted by Gasteiger charge is 2.64. The van der Waals surface area contributed by atoms with E-state index in [9.17, 15) is 40.8 Å². The van der Waals surface area contributed by atoms with Crippen LogP contribution in [0.4, 0.5) is 13.2 Å². The van der Waals surface area contributed by atoms with Crippen LogP contribution >= 0.6 is 0 Å². The van der Waals surface area contributed by atoms with Crippen molar-refractivity contribution in [1.29, 1.82) is 0 Å². The zero-order chi connectivity index (χ0) is 42.2.